The van der Waals surface area contributed by atoms with Crippen LogP contribution in [-0.4, -0.2) is 43.9 Å². The van der Waals surface area contributed by atoms with Crippen LogP contribution >= 0.6 is 47.1 Å². The van der Waals surface area contributed by atoms with Crippen LogP contribution in [-0.2, 0) is 6.42 Å². The Bertz CT molecular complexity index is 665. The molecule has 2 N–H and O–H groups in total. The zero-order valence-electron chi connectivity index (χ0n) is 15.4. The summed E-state index contributed by atoms with van der Waals surface area (Å²) in [5, 5.41) is 8.72. The maximum atomic E-state index is 5.37. The number of ether oxygens (including phenoxy) is 1. The molecule has 2 rings (SSSR count). The van der Waals surface area contributed by atoms with Crippen LogP contribution in [0.2, 0.25) is 0 Å². The van der Waals surface area contributed by atoms with E-state index in [1.165, 1.54) is 5.56 Å². The highest BCUT2D eigenvalue weighted by molar-refractivity contribution is 14.0. The highest BCUT2D eigenvalue weighted by Crippen LogP contribution is 2.20. The lowest BCUT2D eigenvalue weighted by atomic mass is 10.1. The Morgan fingerprint density at radius 1 is 1.31 bits per heavy atom. The molecule has 1 aromatic heterocycles. The number of hydrogen-bond donors (Lipinski definition) is 2. The van der Waals surface area contributed by atoms with Gasteiger partial charge < -0.3 is 15.4 Å². The van der Waals surface area contributed by atoms with Gasteiger partial charge in [0.25, 0.3) is 0 Å². The van der Waals surface area contributed by atoms with E-state index in [9.17, 15) is 0 Å². The molecule has 2 aromatic rings. The van der Waals surface area contributed by atoms with E-state index in [2.05, 4.69) is 45.7 Å². The Labute approximate surface area is 181 Å². The smallest absolute Gasteiger partial charge is 0.190 e. The molecule has 0 saturated heterocycles. The van der Waals surface area contributed by atoms with Crippen LogP contribution < -0.4 is 15.4 Å². The first-order valence-corrected chi connectivity index (χ1v) is 10.2. The second kappa shape index (κ2) is 13.2. The molecule has 0 unspecified atom stereocenters. The quantitative estimate of drug-likeness (QED) is 0.177. The summed E-state index contributed by atoms with van der Waals surface area (Å²) in [4.78, 5) is 8.54. The number of rotatable bonds is 9. The summed E-state index contributed by atoms with van der Waals surface area (Å²) in [6, 6.07) is 6.34. The number of aliphatic imine (C=N–C) groups is 1. The molecule has 0 aliphatic carbocycles. The number of benzene rings is 1. The Kier molecular flexibility index (Phi) is 11.7. The number of thiazole rings is 1. The van der Waals surface area contributed by atoms with Crippen molar-refractivity contribution >= 4 is 53.0 Å². The average molecular weight is 506 g/mol. The predicted octanol–water partition coefficient (Wildman–Crippen LogP) is 3.97. The Balaban J connectivity index is 0.00000338. The Hall–Kier alpha value is -1.00. The van der Waals surface area contributed by atoms with Crippen molar-refractivity contribution < 1.29 is 4.74 Å². The van der Waals surface area contributed by atoms with Crippen molar-refractivity contribution in [2.24, 2.45) is 4.99 Å². The van der Waals surface area contributed by atoms with Crippen LogP contribution in [0.4, 0.5) is 0 Å². The number of guanidine groups is 1. The van der Waals surface area contributed by atoms with Gasteiger partial charge in [0, 0.05) is 37.5 Å². The van der Waals surface area contributed by atoms with Crippen molar-refractivity contribution in [2.75, 3.05) is 33.0 Å². The number of aryl methyl sites for hydroxylation is 1. The first-order valence-electron chi connectivity index (χ1n) is 8.33. The highest BCUT2D eigenvalue weighted by Gasteiger charge is 2.02. The number of methoxy groups -OCH3 is 1. The highest BCUT2D eigenvalue weighted by atomic mass is 127. The minimum atomic E-state index is 0. The van der Waals surface area contributed by atoms with E-state index < -0.39 is 0 Å². The van der Waals surface area contributed by atoms with E-state index >= 15 is 0 Å². The minimum Gasteiger partial charge on any atom is -0.496 e. The fourth-order valence-corrected chi connectivity index (χ4v) is 3.93. The summed E-state index contributed by atoms with van der Waals surface area (Å²) in [6.07, 6.45) is 3.85. The zero-order chi connectivity index (χ0) is 17.9. The number of nitrogens with one attached hydrogen (secondary N) is 2. The van der Waals surface area contributed by atoms with Crippen molar-refractivity contribution in [2.45, 2.75) is 24.1 Å². The zero-order valence-corrected chi connectivity index (χ0v) is 19.4. The van der Waals surface area contributed by atoms with Gasteiger partial charge in [-0.15, -0.1) is 35.3 Å². The van der Waals surface area contributed by atoms with Gasteiger partial charge in [-0.1, -0.05) is 23.9 Å². The molecule has 144 valence electrons. The number of hydrogen-bond acceptors (Lipinski definition) is 5. The van der Waals surface area contributed by atoms with Crippen molar-refractivity contribution in [1.29, 1.82) is 0 Å². The molecule has 0 fully saturated rings. The van der Waals surface area contributed by atoms with E-state index in [0.717, 1.165) is 53.3 Å². The lowest BCUT2D eigenvalue weighted by Crippen LogP contribution is -2.38. The molecule has 8 heteroatoms. The van der Waals surface area contributed by atoms with Gasteiger partial charge in [0.15, 0.2) is 5.96 Å². The number of aromatic nitrogens is 1. The summed E-state index contributed by atoms with van der Waals surface area (Å²) in [7, 11) is 3.51. The number of thioether (sulfide) groups is 1. The Morgan fingerprint density at radius 2 is 2.12 bits per heavy atom. The fraction of sp³-hybridized carbons (Fsp3) is 0.444. The molecule has 5 nitrogen and oxygen atoms in total. The molecule has 26 heavy (non-hydrogen) atoms. The molecule has 0 saturated carbocycles. The van der Waals surface area contributed by atoms with Crippen LogP contribution in [0.5, 0.6) is 5.75 Å². The van der Waals surface area contributed by atoms with E-state index in [0.29, 0.717) is 0 Å². The number of nitrogens with zero attached hydrogens (tertiary/aromatic N) is 2. The van der Waals surface area contributed by atoms with Crippen LogP contribution in [0.15, 0.2) is 39.1 Å². The lowest BCUT2D eigenvalue weighted by Gasteiger charge is -2.12. The molecule has 0 atom stereocenters. The lowest BCUT2D eigenvalue weighted by molar-refractivity contribution is 0.411. The van der Waals surface area contributed by atoms with Crippen LogP contribution in [0.1, 0.15) is 17.5 Å². The van der Waals surface area contributed by atoms with Gasteiger partial charge in [-0.05, 0) is 37.0 Å². The summed E-state index contributed by atoms with van der Waals surface area (Å²) in [6.45, 7) is 3.79. The van der Waals surface area contributed by atoms with Crippen molar-refractivity contribution in [3.63, 3.8) is 0 Å². The minimum absolute atomic E-state index is 0. The second-order valence-electron chi connectivity index (χ2n) is 5.48. The topological polar surface area (TPSA) is 58.5 Å². The van der Waals surface area contributed by atoms with E-state index in [4.69, 9.17) is 4.74 Å². The maximum absolute atomic E-state index is 5.37. The second-order valence-corrected chi connectivity index (χ2v) is 7.72. The van der Waals surface area contributed by atoms with Gasteiger partial charge in [-0.2, -0.15) is 0 Å². The van der Waals surface area contributed by atoms with Gasteiger partial charge in [0.05, 0.1) is 7.11 Å². The van der Waals surface area contributed by atoms with Gasteiger partial charge in [0.2, 0.25) is 0 Å². The van der Waals surface area contributed by atoms with Gasteiger partial charge in [-0.3, -0.25) is 4.99 Å². The van der Waals surface area contributed by atoms with Crippen LogP contribution in [0.3, 0.4) is 0 Å². The molecule has 0 aliphatic rings. The Morgan fingerprint density at radius 3 is 2.81 bits per heavy atom. The van der Waals surface area contributed by atoms with E-state index in [-0.39, 0.29) is 24.0 Å². The van der Waals surface area contributed by atoms with Crippen LogP contribution in [0, 0.1) is 6.92 Å². The molecule has 0 amide bonds. The van der Waals surface area contributed by atoms with E-state index in [1.54, 1.807) is 37.3 Å². The van der Waals surface area contributed by atoms with Crippen molar-refractivity contribution in [1.82, 2.24) is 15.6 Å². The van der Waals surface area contributed by atoms with E-state index in [1.807, 2.05) is 11.6 Å². The number of halogens is 1. The third-order valence-corrected chi connectivity index (χ3v) is 5.70. The summed E-state index contributed by atoms with van der Waals surface area (Å²) in [5.41, 5.74) is 2.41. The van der Waals surface area contributed by atoms with Gasteiger partial charge in [-0.25, -0.2) is 4.98 Å². The third-order valence-electron chi connectivity index (χ3n) is 3.65. The molecule has 0 radical (unpaired) electrons. The first-order chi connectivity index (χ1) is 12.2. The normalized spacial score (nSPS) is 11.0. The van der Waals surface area contributed by atoms with Crippen molar-refractivity contribution in [3.05, 3.63) is 40.9 Å². The molecule has 0 aliphatic heterocycles. The molecule has 0 bridgehead atoms. The predicted molar refractivity (Wildman–Crippen MR) is 124 cm³/mol. The molecule has 1 aromatic carbocycles. The molecular weight excluding hydrogens is 479 g/mol. The molecular formula is C18H27IN4OS2. The van der Waals surface area contributed by atoms with Crippen LogP contribution in [0.25, 0.3) is 0 Å². The van der Waals surface area contributed by atoms with Crippen molar-refractivity contribution in [3.8, 4) is 5.75 Å². The average Bonchev–Trinajstić information content (AvgIpc) is 3.14. The third kappa shape index (κ3) is 8.13. The molecule has 0 spiro atoms. The van der Waals surface area contributed by atoms with Gasteiger partial charge >= 0.3 is 0 Å². The SMILES string of the molecule is CN=C(NCCCSc1nccs1)NCCc1ccc(C)c(OC)c1.I. The summed E-state index contributed by atoms with van der Waals surface area (Å²) >= 11 is 3.49. The largest absolute Gasteiger partial charge is 0.496 e. The fourth-order valence-electron chi connectivity index (χ4n) is 2.29. The standard InChI is InChI=1S/C18H26N4OS2.HI/c1-14-5-6-15(13-16(14)23-3)7-9-21-17(19-2)20-8-4-11-24-18-22-10-12-25-18;/h5-6,10,12-13H,4,7-9,11H2,1-3H3,(H2,19,20,21);1H. The summed E-state index contributed by atoms with van der Waals surface area (Å²) < 4.78 is 6.51. The maximum Gasteiger partial charge on any atom is 0.190 e. The molecule has 1 heterocycles. The summed E-state index contributed by atoms with van der Waals surface area (Å²) in [5.74, 6) is 2.84. The first kappa shape index (κ1) is 23.0. The monoisotopic (exact) mass is 506 g/mol. The van der Waals surface area contributed by atoms with Gasteiger partial charge in [0.1, 0.15) is 10.1 Å².